The van der Waals surface area contributed by atoms with Gasteiger partial charge in [0.25, 0.3) is 5.91 Å². The SMILES string of the molecule is CC1Oc2ccc(C3(N=C=O)CC3)cc2N(C)C1=O. The van der Waals surface area contributed by atoms with Gasteiger partial charge in [-0.1, -0.05) is 6.07 Å². The lowest BCUT2D eigenvalue weighted by atomic mass is 10.0. The highest BCUT2D eigenvalue weighted by molar-refractivity contribution is 5.99. The van der Waals surface area contributed by atoms with Crippen LogP contribution in [-0.2, 0) is 15.1 Å². The monoisotopic (exact) mass is 258 g/mol. The molecule has 2 aliphatic rings. The number of fused-ring (bicyclic) bond motifs is 1. The van der Waals surface area contributed by atoms with Gasteiger partial charge in [-0.05, 0) is 37.5 Å². The topological polar surface area (TPSA) is 59.0 Å². The summed E-state index contributed by atoms with van der Waals surface area (Å²) in [5.74, 6) is 0.609. The second-order valence-electron chi connectivity index (χ2n) is 5.07. The molecule has 1 fully saturated rings. The van der Waals surface area contributed by atoms with Crippen molar-refractivity contribution in [1.29, 1.82) is 0 Å². The number of nitrogens with zero attached hydrogens (tertiary/aromatic N) is 2. The molecule has 1 saturated carbocycles. The first-order chi connectivity index (χ1) is 9.07. The predicted octanol–water partition coefficient (Wildman–Crippen LogP) is 1.76. The van der Waals surface area contributed by atoms with Crippen molar-refractivity contribution in [3.05, 3.63) is 23.8 Å². The molecule has 1 amide bonds. The van der Waals surface area contributed by atoms with Crippen LogP contribution in [0.25, 0.3) is 0 Å². The molecule has 1 unspecified atom stereocenters. The van der Waals surface area contributed by atoms with E-state index in [4.69, 9.17) is 4.74 Å². The molecule has 1 atom stereocenters. The van der Waals surface area contributed by atoms with E-state index in [1.54, 1.807) is 25.0 Å². The second-order valence-corrected chi connectivity index (χ2v) is 5.07. The molecule has 5 nitrogen and oxygen atoms in total. The maximum atomic E-state index is 11.9. The Balaban J connectivity index is 2.05. The number of anilines is 1. The van der Waals surface area contributed by atoms with Gasteiger partial charge in [-0.15, -0.1) is 0 Å². The zero-order valence-electron chi connectivity index (χ0n) is 10.8. The Morgan fingerprint density at radius 2 is 2.21 bits per heavy atom. The van der Waals surface area contributed by atoms with E-state index in [1.807, 2.05) is 18.2 Å². The summed E-state index contributed by atoms with van der Waals surface area (Å²) in [6, 6.07) is 5.63. The first-order valence-corrected chi connectivity index (χ1v) is 6.25. The number of amides is 1. The van der Waals surface area contributed by atoms with E-state index < -0.39 is 11.6 Å². The number of carbonyl (C=O) groups is 1. The van der Waals surface area contributed by atoms with E-state index in [-0.39, 0.29) is 5.91 Å². The lowest BCUT2D eigenvalue weighted by molar-refractivity contribution is -0.125. The van der Waals surface area contributed by atoms with Crippen LogP contribution in [0.3, 0.4) is 0 Å². The molecule has 0 spiro atoms. The molecule has 1 heterocycles. The van der Waals surface area contributed by atoms with Gasteiger partial charge in [-0.25, -0.2) is 4.79 Å². The third kappa shape index (κ3) is 1.74. The van der Waals surface area contributed by atoms with Crippen LogP contribution >= 0.6 is 0 Å². The molecular formula is C14H14N2O3. The number of benzene rings is 1. The Hall–Kier alpha value is -2.13. The molecule has 0 N–H and O–H groups in total. The van der Waals surface area contributed by atoms with Crippen LogP contribution in [0, 0.1) is 0 Å². The van der Waals surface area contributed by atoms with Gasteiger partial charge < -0.3 is 9.64 Å². The van der Waals surface area contributed by atoms with E-state index in [9.17, 15) is 9.59 Å². The summed E-state index contributed by atoms with van der Waals surface area (Å²) in [5, 5.41) is 0. The van der Waals surface area contributed by atoms with Crippen molar-refractivity contribution in [3.63, 3.8) is 0 Å². The minimum absolute atomic E-state index is 0.0756. The quantitative estimate of drug-likeness (QED) is 0.600. The summed E-state index contributed by atoms with van der Waals surface area (Å²) in [6.07, 6.45) is 2.86. The van der Waals surface area contributed by atoms with Crippen molar-refractivity contribution < 1.29 is 14.3 Å². The van der Waals surface area contributed by atoms with Gasteiger partial charge in [-0.2, -0.15) is 4.99 Å². The van der Waals surface area contributed by atoms with Gasteiger partial charge in [0.05, 0.1) is 11.2 Å². The van der Waals surface area contributed by atoms with Crippen LogP contribution in [0.4, 0.5) is 5.69 Å². The van der Waals surface area contributed by atoms with Gasteiger partial charge in [0.1, 0.15) is 5.75 Å². The van der Waals surface area contributed by atoms with E-state index >= 15 is 0 Å². The highest BCUT2D eigenvalue weighted by Crippen LogP contribution is 2.51. The summed E-state index contributed by atoms with van der Waals surface area (Å²) in [5.41, 5.74) is 1.24. The van der Waals surface area contributed by atoms with Crippen molar-refractivity contribution in [1.82, 2.24) is 0 Å². The third-order valence-corrected chi connectivity index (χ3v) is 3.82. The highest BCUT2D eigenvalue weighted by Gasteiger charge is 2.45. The molecule has 1 aromatic rings. The number of hydrogen-bond donors (Lipinski definition) is 0. The fourth-order valence-corrected chi connectivity index (χ4v) is 2.47. The van der Waals surface area contributed by atoms with Crippen molar-refractivity contribution in [2.24, 2.45) is 4.99 Å². The summed E-state index contributed by atoms with van der Waals surface area (Å²) < 4.78 is 5.56. The Labute approximate surface area is 110 Å². The Morgan fingerprint density at radius 3 is 2.84 bits per heavy atom. The lowest BCUT2D eigenvalue weighted by Gasteiger charge is -2.31. The van der Waals surface area contributed by atoms with Gasteiger partial charge >= 0.3 is 0 Å². The summed E-state index contributed by atoms with van der Waals surface area (Å²) in [7, 11) is 1.73. The van der Waals surface area contributed by atoms with E-state index in [0.717, 1.165) is 24.1 Å². The molecule has 1 aliphatic heterocycles. The van der Waals surface area contributed by atoms with Crippen LogP contribution < -0.4 is 9.64 Å². The van der Waals surface area contributed by atoms with Crippen LogP contribution in [0.2, 0.25) is 0 Å². The number of ether oxygens (including phenoxy) is 1. The Morgan fingerprint density at radius 1 is 1.47 bits per heavy atom. The van der Waals surface area contributed by atoms with Crippen LogP contribution in [-0.4, -0.2) is 25.1 Å². The van der Waals surface area contributed by atoms with Gasteiger partial charge in [0, 0.05) is 7.05 Å². The van der Waals surface area contributed by atoms with Gasteiger partial charge in [-0.3, -0.25) is 4.79 Å². The Kier molecular flexibility index (Phi) is 2.47. The van der Waals surface area contributed by atoms with Crippen LogP contribution in [0.5, 0.6) is 5.75 Å². The average Bonchev–Trinajstić information content (AvgIpc) is 3.17. The zero-order valence-corrected chi connectivity index (χ0v) is 10.8. The van der Waals surface area contributed by atoms with Crippen molar-refractivity contribution in [3.8, 4) is 5.75 Å². The molecule has 1 aliphatic carbocycles. The number of isocyanates is 1. The Bertz CT molecular complexity index is 601. The standard InChI is InChI=1S/C14H14N2O3/c1-9-13(18)16(2)11-7-10(3-4-12(11)19-9)14(5-6-14)15-8-17/h3-4,7,9H,5-6H2,1-2H3. The first kappa shape index (κ1) is 11.9. The maximum absolute atomic E-state index is 11.9. The molecule has 98 valence electrons. The number of hydrogen-bond acceptors (Lipinski definition) is 4. The van der Waals surface area contributed by atoms with E-state index in [0.29, 0.717) is 5.75 Å². The molecule has 5 heteroatoms. The normalized spacial score (nSPS) is 23.2. The number of rotatable bonds is 2. The van der Waals surface area contributed by atoms with Gasteiger partial charge in [0.2, 0.25) is 6.08 Å². The number of carbonyl (C=O) groups excluding carboxylic acids is 2. The highest BCUT2D eigenvalue weighted by atomic mass is 16.5. The molecule has 1 aromatic carbocycles. The smallest absolute Gasteiger partial charge is 0.267 e. The number of aliphatic imine (C=N–C) groups is 1. The minimum Gasteiger partial charge on any atom is -0.479 e. The minimum atomic E-state index is -0.466. The predicted molar refractivity (Wildman–Crippen MR) is 69.0 cm³/mol. The average molecular weight is 258 g/mol. The molecule has 0 saturated heterocycles. The van der Waals surface area contributed by atoms with E-state index in [1.165, 1.54) is 0 Å². The lowest BCUT2D eigenvalue weighted by Crippen LogP contribution is -2.42. The fraction of sp³-hybridized carbons (Fsp3) is 0.429. The molecule has 0 radical (unpaired) electrons. The van der Waals surface area contributed by atoms with Crippen molar-refractivity contribution in [2.45, 2.75) is 31.4 Å². The van der Waals surface area contributed by atoms with E-state index in [2.05, 4.69) is 4.99 Å². The van der Waals surface area contributed by atoms with Gasteiger partial charge in [0.15, 0.2) is 6.10 Å². The number of likely N-dealkylation sites (N-methyl/N-ethyl adjacent to an activating group) is 1. The molecule has 3 rings (SSSR count). The second kappa shape index (κ2) is 3.93. The van der Waals surface area contributed by atoms with Crippen molar-refractivity contribution >= 4 is 17.7 Å². The summed E-state index contributed by atoms with van der Waals surface area (Å²) in [4.78, 5) is 27.9. The first-order valence-electron chi connectivity index (χ1n) is 6.25. The van der Waals surface area contributed by atoms with Crippen LogP contribution in [0.1, 0.15) is 25.3 Å². The van der Waals surface area contributed by atoms with Crippen molar-refractivity contribution in [2.75, 3.05) is 11.9 Å². The molecule has 19 heavy (non-hydrogen) atoms. The maximum Gasteiger partial charge on any atom is 0.267 e. The summed E-state index contributed by atoms with van der Waals surface area (Å²) >= 11 is 0. The summed E-state index contributed by atoms with van der Waals surface area (Å²) in [6.45, 7) is 1.73. The van der Waals surface area contributed by atoms with Crippen LogP contribution in [0.15, 0.2) is 23.2 Å². The third-order valence-electron chi connectivity index (χ3n) is 3.82. The fourth-order valence-electron chi connectivity index (χ4n) is 2.47. The largest absolute Gasteiger partial charge is 0.479 e. The molecular weight excluding hydrogens is 244 g/mol. The zero-order chi connectivity index (χ0) is 13.6. The molecule has 0 aromatic heterocycles. The molecule has 0 bridgehead atoms.